The molecule has 0 aliphatic carbocycles. The van der Waals surface area contributed by atoms with Gasteiger partial charge in [-0.05, 0) is 29.0 Å². The number of nitrogens with zero attached hydrogens (tertiary/aromatic N) is 5. The highest BCUT2D eigenvalue weighted by molar-refractivity contribution is 5.96. The molecule has 1 fully saturated rings. The molecule has 154 valence electrons. The van der Waals surface area contributed by atoms with Crippen LogP contribution in [-0.4, -0.2) is 57.3 Å². The fraction of sp³-hybridized carbons (Fsp3) is 0.167. The summed E-state index contributed by atoms with van der Waals surface area (Å²) in [7, 11) is 0. The van der Waals surface area contributed by atoms with Gasteiger partial charge in [-0.15, -0.1) is 15.0 Å². The Hall–Kier alpha value is -3.84. The Morgan fingerprint density at radius 1 is 0.839 bits per heavy atom. The van der Waals surface area contributed by atoms with E-state index in [4.69, 9.17) is 4.74 Å². The molecule has 0 radical (unpaired) electrons. The number of tetrazole rings is 1. The monoisotopic (exact) mass is 411 g/mol. The zero-order valence-corrected chi connectivity index (χ0v) is 16.9. The molecule has 0 saturated carbocycles. The quantitative estimate of drug-likeness (QED) is 0.514. The molecular formula is C24H21N5O2. The van der Waals surface area contributed by atoms with E-state index in [2.05, 4.69) is 15.4 Å². The van der Waals surface area contributed by atoms with E-state index in [1.807, 2.05) is 83.8 Å². The largest absolute Gasteiger partial charge is 0.378 e. The van der Waals surface area contributed by atoms with Gasteiger partial charge in [0.15, 0.2) is 0 Å². The molecule has 0 atom stereocenters. The van der Waals surface area contributed by atoms with Gasteiger partial charge in [-0.2, -0.15) is 0 Å². The first-order chi connectivity index (χ1) is 15.3. The highest BCUT2D eigenvalue weighted by Crippen LogP contribution is 2.28. The number of hydrogen-bond acceptors (Lipinski definition) is 5. The van der Waals surface area contributed by atoms with E-state index in [0.29, 0.717) is 37.7 Å². The van der Waals surface area contributed by atoms with Gasteiger partial charge in [-0.25, -0.2) is 0 Å². The average molecular weight is 411 g/mol. The van der Waals surface area contributed by atoms with Crippen molar-refractivity contribution in [2.24, 2.45) is 0 Å². The van der Waals surface area contributed by atoms with Crippen LogP contribution < -0.4 is 0 Å². The van der Waals surface area contributed by atoms with Gasteiger partial charge in [0, 0.05) is 29.8 Å². The lowest BCUT2D eigenvalue weighted by molar-refractivity contribution is 0.0303. The van der Waals surface area contributed by atoms with Crippen molar-refractivity contribution in [3.05, 3.63) is 84.4 Å². The van der Waals surface area contributed by atoms with Crippen molar-refractivity contribution in [1.29, 1.82) is 0 Å². The summed E-state index contributed by atoms with van der Waals surface area (Å²) in [5.41, 5.74) is 4.14. The van der Waals surface area contributed by atoms with Crippen LogP contribution >= 0.6 is 0 Å². The second-order valence-corrected chi connectivity index (χ2v) is 7.27. The van der Waals surface area contributed by atoms with E-state index in [1.165, 1.54) is 4.80 Å². The SMILES string of the molecule is O=C(c1ccc(-n2nnc(-c3ccccc3)n2)c(-c2ccccc2)c1)N1CCOCC1. The third-order valence-electron chi connectivity index (χ3n) is 5.29. The molecule has 1 aliphatic heterocycles. The van der Waals surface area contributed by atoms with E-state index >= 15 is 0 Å². The molecule has 7 nitrogen and oxygen atoms in total. The maximum absolute atomic E-state index is 13.0. The number of carbonyl (C=O) groups excluding carboxylic acids is 1. The minimum absolute atomic E-state index is 0.00329. The molecule has 4 aromatic rings. The van der Waals surface area contributed by atoms with Crippen molar-refractivity contribution in [2.75, 3.05) is 26.3 Å². The maximum Gasteiger partial charge on any atom is 0.254 e. The number of morpholine rings is 1. The summed E-state index contributed by atoms with van der Waals surface area (Å²) < 4.78 is 5.37. The fourth-order valence-corrected chi connectivity index (χ4v) is 3.66. The Balaban J connectivity index is 1.56. The van der Waals surface area contributed by atoms with Crippen molar-refractivity contribution in [3.8, 4) is 28.2 Å². The Kier molecular flexibility index (Phi) is 5.24. The molecule has 1 saturated heterocycles. The van der Waals surface area contributed by atoms with Crippen LogP contribution in [0.4, 0.5) is 0 Å². The normalized spacial score (nSPS) is 13.9. The Morgan fingerprint density at radius 3 is 2.23 bits per heavy atom. The van der Waals surface area contributed by atoms with Crippen LogP contribution in [0.5, 0.6) is 0 Å². The third kappa shape index (κ3) is 3.95. The lowest BCUT2D eigenvalue weighted by Crippen LogP contribution is -2.40. The molecule has 1 aliphatic rings. The van der Waals surface area contributed by atoms with Gasteiger partial charge in [0.25, 0.3) is 5.91 Å². The van der Waals surface area contributed by atoms with Gasteiger partial charge in [-0.3, -0.25) is 4.79 Å². The van der Waals surface area contributed by atoms with E-state index in [-0.39, 0.29) is 5.91 Å². The van der Waals surface area contributed by atoms with Gasteiger partial charge in [-0.1, -0.05) is 60.7 Å². The minimum Gasteiger partial charge on any atom is -0.378 e. The molecule has 0 unspecified atom stereocenters. The van der Waals surface area contributed by atoms with E-state index in [0.717, 1.165) is 22.4 Å². The molecule has 2 heterocycles. The molecule has 1 amide bonds. The Morgan fingerprint density at radius 2 is 1.52 bits per heavy atom. The highest BCUT2D eigenvalue weighted by Gasteiger charge is 2.21. The molecule has 31 heavy (non-hydrogen) atoms. The van der Waals surface area contributed by atoms with Crippen LogP contribution in [0.3, 0.4) is 0 Å². The Bertz CT molecular complexity index is 1190. The lowest BCUT2D eigenvalue weighted by Gasteiger charge is -2.27. The van der Waals surface area contributed by atoms with Gasteiger partial charge in [0.1, 0.15) is 0 Å². The Labute approximate surface area is 179 Å². The van der Waals surface area contributed by atoms with Crippen molar-refractivity contribution < 1.29 is 9.53 Å². The van der Waals surface area contributed by atoms with Crippen molar-refractivity contribution in [1.82, 2.24) is 25.1 Å². The number of ether oxygens (including phenoxy) is 1. The number of carbonyl (C=O) groups is 1. The average Bonchev–Trinajstić information content (AvgIpc) is 3.35. The van der Waals surface area contributed by atoms with Gasteiger partial charge in [0.05, 0.1) is 18.9 Å². The van der Waals surface area contributed by atoms with Crippen LogP contribution in [-0.2, 0) is 4.74 Å². The first-order valence-corrected chi connectivity index (χ1v) is 10.2. The number of benzene rings is 3. The zero-order valence-electron chi connectivity index (χ0n) is 16.9. The summed E-state index contributed by atoms with van der Waals surface area (Å²) in [6.07, 6.45) is 0. The van der Waals surface area contributed by atoms with Crippen molar-refractivity contribution in [2.45, 2.75) is 0 Å². The summed E-state index contributed by atoms with van der Waals surface area (Å²) in [5, 5.41) is 13.1. The first-order valence-electron chi connectivity index (χ1n) is 10.2. The predicted molar refractivity (Wildman–Crippen MR) is 117 cm³/mol. The van der Waals surface area contributed by atoms with Crippen LogP contribution in [0.15, 0.2) is 78.9 Å². The molecule has 1 aromatic heterocycles. The molecule has 5 rings (SSSR count). The summed E-state index contributed by atoms with van der Waals surface area (Å²) in [5.74, 6) is 0.552. The standard InChI is InChI=1S/C24H21N5O2/c30-24(28-13-15-31-16-14-28)20-11-12-22(21(17-20)18-7-3-1-4-8-18)29-26-23(25-27-29)19-9-5-2-6-10-19/h1-12,17H,13-16H2. The van der Waals surface area contributed by atoms with Crippen LogP contribution in [0, 0.1) is 0 Å². The highest BCUT2D eigenvalue weighted by atomic mass is 16.5. The lowest BCUT2D eigenvalue weighted by atomic mass is 10.0. The van der Waals surface area contributed by atoms with E-state index in [1.54, 1.807) is 0 Å². The van der Waals surface area contributed by atoms with Crippen LogP contribution in [0.25, 0.3) is 28.2 Å². The minimum atomic E-state index is 0.00329. The predicted octanol–water partition coefficient (Wildman–Crippen LogP) is 3.47. The maximum atomic E-state index is 13.0. The summed E-state index contributed by atoms with van der Waals surface area (Å²) >= 11 is 0. The second kappa shape index (κ2) is 8.49. The second-order valence-electron chi connectivity index (χ2n) is 7.27. The topological polar surface area (TPSA) is 73.1 Å². The number of rotatable bonds is 4. The molecule has 0 bridgehead atoms. The number of aromatic nitrogens is 4. The first kappa shape index (κ1) is 19.1. The van der Waals surface area contributed by atoms with Gasteiger partial charge in [0.2, 0.25) is 5.82 Å². The summed E-state index contributed by atoms with van der Waals surface area (Å²) in [6, 6.07) is 25.3. The summed E-state index contributed by atoms with van der Waals surface area (Å²) in [4.78, 5) is 16.4. The van der Waals surface area contributed by atoms with Crippen molar-refractivity contribution >= 4 is 5.91 Å². The molecule has 0 spiro atoms. The van der Waals surface area contributed by atoms with Gasteiger partial charge < -0.3 is 9.64 Å². The third-order valence-corrected chi connectivity index (χ3v) is 5.29. The fourth-order valence-electron chi connectivity index (χ4n) is 3.66. The van der Waals surface area contributed by atoms with Crippen molar-refractivity contribution in [3.63, 3.8) is 0 Å². The van der Waals surface area contributed by atoms with Gasteiger partial charge >= 0.3 is 0 Å². The molecule has 0 N–H and O–H groups in total. The number of amides is 1. The van der Waals surface area contributed by atoms with Crippen LogP contribution in [0.2, 0.25) is 0 Å². The number of hydrogen-bond donors (Lipinski definition) is 0. The van der Waals surface area contributed by atoms with Crippen LogP contribution in [0.1, 0.15) is 10.4 Å². The molecule has 7 heteroatoms. The smallest absolute Gasteiger partial charge is 0.254 e. The van der Waals surface area contributed by atoms with E-state index < -0.39 is 0 Å². The molecule has 3 aromatic carbocycles. The summed E-state index contributed by atoms with van der Waals surface area (Å²) in [6.45, 7) is 2.35. The molecular weight excluding hydrogens is 390 g/mol. The zero-order chi connectivity index (χ0) is 21.0. The van der Waals surface area contributed by atoms with E-state index in [9.17, 15) is 4.79 Å².